The molecule has 0 spiro atoms. The first-order valence-electron chi connectivity index (χ1n) is 5.18. The zero-order valence-electron chi connectivity index (χ0n) is 9.27. The lowest BCUT2D eigenvalue weighted by Gasteiger charge is -2.17. The van der Waals surface area contributed by atoms with Gasteiger partial charge in [-0.2, -0.15) is 5.10 Å². The van der Waals surface area contributed by atoms with Crippen molar-refractivity contribution in [3.05, 3.63) is 40.5 Å². The summed E-state index contributed by atoms with van der Waals surface area (Å²) in [4.78, 5) is 0. The maximum Gasteiger partial charge on any atom is 0.174 e. The standard InChI is InChI=1S/C11H14BrN3O/c1-3-13-10(8-5-7-16-11(8)12)9-4-6-14-15(9)2/h4-7,10,13H,3H2,1-2H3. The van der Waals surface area contributed by atoms with Gasteiger partial charge in [0.1, 0.15) is 0 Å². The van der Waals surface area contributed by atoms with Gasteiger partial charge in [0.15, 0.2) is 4.67 Å². The van der Waals surface area contributed by atoms with Gasteiger partial charge in [-0.05, 0) is 34.6 Å². The minimum Gasteiger partial charge on any atom is -0.457 e. The van der Waals surface area contributed by atoms with Crippen LogP contribution in [-0.2, 0) is 7.05 Å². The van der Waals surface area contributed by atoms with Crippen molar-refractivity contribution in [2.45, 2.75) is 13.0 Å². The highest BCUT2D eigenvalue weighted by molar-refractivity contribution is 9.10. The molecule has 0 saturated heterocycles. The molecule has 1 atom stereocenters. The van der Waals surface area contributed by atoms with Gasteiger partial charge in [0.25, 0.3) is 0 Å². The molecule has 0 saturated carbocycles. The van der Waals surface area contributed by atoms with Crippen LogP contribution in [-0.4, -0.2) is 16.3 Å². The Kier molecular flexibility index (Phi) is 3.46. The molecule has 0 aliphatic heterocycles. The number of halogens is 1. The van der Waals surface area contributed by atoms with E-state index in [0.29, 0.717) is 0 Å². The van der Waals surface area contributed by atoms with E-state index in [9.17, 15) is 0 Å². The fourth-order valence-corrected chi connectivity index (χ4v) is 2.22. The Morgan fingerprint density at radius 1 is 1.56 bits per heavy atom. The second-order valence-corrected chi connectivity index (χ2v) is 4.24. The molecule has 2 rings (SSSR count). The largest absolute Gasteiger partial charge is 0.457 e. The number of aryl methyl sites for hydroxylation is 1. The summed E-state index contributed by atoms with van der Waals surface area (Å²) in [5.41, 5.74) is 2.20. The molecule has 0 radical (unpaired) electrons. The van der Waals surface area contributed by atoms with Crippen LogP contribution >= 0.6 is 15.9 Å². The van der Waals surface area contributed by atoms with E-state index in [4.69, 9.17) is 4.42 Å². The second-order valence-electron chi connectivity index (χ2n) is 3.52. The van der Waals surface area contributed by atoms with Gasteiger partial charge in [0.05, 0.1) is 18.0 Å². The van der Waals surface area contributed by atoms with Gasteiger partial charge in [-0.1, -0.05) is 6.92 Å². The number of hydrogen-bond acceptors (Lipinski definition) is 3. The third-order valence-electron chi connectivity index (χ3n) is 2.52. The summed E-state index contributed by atoms with van der Waals surface area (Å²) in [7, 11) is 1.94. The summed E-state index contributed by atoms with van der Waals surface area (Å²) >= 11 is 3.41. The summed E-state index contributed by atoms with van der Waals surface area (Å²) in [5.74, 6) is 0. The van der Waals surface area contributed by atoms with Gasteiger partial charge < -0.3 is 9.73 Å². The van der Waals surface area contributed by atoms with Crippen molar-refractivity contribution < 1.29 is 4.42 Å². The molecule has 86 valence electrons. The molecule has 4 nitrogen and oxygen atoms in total. The lowest BCUT2D eigenvalue weighted by Crippen LogP contribution is -2.24. The zero-order valence-corrected chi connectivity index (χ0v) is 10.9. The number of nitrogens with one attached hydrogen (secondary N) is 1. The van der Waals surface area contributed by atoms with E-state index >= 15 is 0 Å². The van der Waals surface area contributed by atoms with Gasteiger partial charge in [-0.25, -0.2) is 0 Å². The minimum absolute atomic E-state index is 0.102. The predicted molar refractivity (Wildman–Crippen MR) is 65.1 cm³/mol. The molecule has 0 aromatic carbocycles. The van der Waals surface area contributed by atoms with Gasteiger partial charge in [0, 0.05) is 18.8 Å². The molecular weight excluding hydrogens is 270 g/mol. The lowest BCUT2D eigenvalue weighted by atomic mass is 10.1. The molecule has 16 heavy (non-hydrogen) atoms. The molecule has 0 bridgehead atoms. The van der Waals surface area contributed by atoms with E-state index in [1.807, 2.05) is 23.9 Å². The Labute approximate surface area is 103 Å². The van der Waals surface area contributed by atoms with Crippen LogP contribution in [0.25, 0.3) is 0 Å². The average Bonchev–Trinajstić information content (AvgIpc) is 2.84. The molecule has 0 fully saturated rings. The highest BCUT2D eigenvalue weighted by atomic mass is 79.9. The van der Waals surface area contributed by atoms with E-state index in [1.54, 1.807) is 12.5 Å². The first-order chi connectivity index (χ1) is 7.74. The van der Waals surface area contributed by atoms with Crippen LogP contribution in [0.5, 0.6) is 0 Å². The van der Waals surface area contributed by atoms with E-state index in [0.717, 1.165) is 22.5 Å². The van der Waals surface area contributed by atoms with Crippen LogP contribution in [0.4, 0.5) is 0 Å². The molecule has 0 aliphatic rings. The van der Waals surface area contributed by atoms with Gasteiger partial charge in [0.2, 0.25) is 0 Å². The van der Waals surface area contributed by atoms with Crippen LogP contribution in [0.3, 0.4) is 0 Å². The zero-order chi connectivity index (χ0) is 11.5. The molecule has 0 amide bonds. The predicted octanol–water partition coefficient (Wildman–Crippen LogP) is 2.47. The first-order valence-corrected chi connectivity index (χ1v) is 5.97. The summed E-state index contributed by atoms with van der Waals surface area (Å²) < 4.78 is 7.91. The third-order valence-corrected chi connectivity index (χ3v) is 3.16. The third kappa shape index (κ3) is 2.05. The van der Waals surface area contributed by atoms with Crippen LogP contribution in [0, 0.1) is 0 Å². The Hall–Kier alpha value is -1.07. The molecule has 5 heteroatoms. The fraction of sp³-hybridized carbons (Fsp3) is 0.364. The Balaban J connectivity index is 2.39. The molecule has 2 aromatic rings. The first kappa shape index (κ1) is 11.4. The van der Waals surface area contributed by atoms with Crippen molar-refractivity contribution >= 4 is 15.9 Å². The normalized spacial score (nSPS) is 12.9. The highest BCUT2D eigenvalue weighted by Gasteiger charge is 2.20. The molecule has 1 unspecified atom stereocenters. The number of hydrogen-bond donors (Lipinski definition) is 1. The quantitative estimate of drug-likeness (QED) is 0.938. The maximum absolute atomic E-state index is 5.28. The van der Waals surface area contributed by atoms with Gasteiger partial charge >= 0.3 is 0 Å². The number of rotatable bonds is 4. The van der Waals surface area contributed by atoms with E-state index < -0.39 is 0 Å². The summed E-state index contributed by atoms with van der Waals surface area (Å²) in [6.07, 6.45) is 3.48. The number of aromatic nitrogens is 2. The van der Waals surface area contributed by atoms with Crippen LogP contribution < -0.4 is 5.32 Å². The lowest BCUT2D eigenvalue weighted by molar-refractivity contribution is 0.518. The van der Waals surface area contributed by atoms with Crippen molar-refractivity contribution in [2.24, 2.45) is 7.05 Å². The smallest absolute Gasteiger partial charge is 0.174 e. The topological polar surface area (TPSA) is 43.0 Å². The minimum atomic E-state index is 0.102. The number of nitrogens with zero attached hydrogens (tertiary/aromatic N) is 2. The highest BCUT2D eigenvalue weighted by Crippen LogP contribution is 2.28. The Morgan fingerprint density at radius 2 is 2.38 bits per heavy atom. The van der Waals surface area contributed by atoms with Crippen molar-refractivity contribution in [1.82, 2.24) is 15.1 Å². The summed E-state index contributed by atoms with van der Waals surface area (Å²) in [6.45, 7) is 2.96. The van der Waals surface area contributed by atoms with E-state index in [2.05, 4.69) is 33.3 Å². The fourth-order valence-electron chi connectivity index (χ4n) is 1.76. The van der Waals surface area contributed by atoms with Crippen LogP contribution in [0.1, 0.15) is 24.2 Å². The van der Waals surface area contributed by atoms with Crippen molar-refractivity contribution in [3.8, 4) is 0 Å². The monoisotopic (exact) mass is 283 g/mol. The maximum atomic E-state index is 5.28. The number of furan rings is 1. The van der Waals surface area contributed by atoms with Gasteiger partial charge in [-0.15, -0.1) is 0 Å². The van der Waals surface area contributed by atoms with Crippen molar-refractivity contribution in [3.63, 3.8) is 0 Å². The Bertz CT molecular complexity index is 423. The van der Waals surface area contributed by atoms with Gasteiger partial charge in [-0.3, -0.25) is 4.68 Å². The van der Waals surface area contributed by atoms with Crippen molar-refractivity contribution in [2.75, 3.05) is 6.54 Å². The average molecular weight is 284 g/mol. The molecular formula is C11H14BrN3O. The molecule has 1 N–H and O–H groups in total. The molecule has 2 aromatic heterocycles. The Morgan fingerprint density at radius 3 is 2.88 bits per heavy atom. The summed E-state index contributed by atoms with van der Waals surface area (Å²) in [6, 6.07) is 4.07. The van der Waals surface area contributed by atoms with Crippen molar-refractivity contribution in [1.29, 1.82) is 0 Å². The summed E-state index contributed by atoms with van der Waals surface area (Å²) in [5, 5.41) is 7.61. The van der Waals surface area contributed by atoms with E-state index in [-0.39, 0.29) is 6.04 Å². The molecule has 0 aliphatic carbocycles. The van der Waals surface area contributed by atoms with Crippen LogP contribution in [0.15, 0.2) is 33.7 Å². The molecule has 2 heterocycles. The van der Waals surface area contributed by atoms with E-state index in [1.165, 1.54) is 0 Å². The van der Waals surface area contributed by atoms with Crippen LogP contribution in [0.2, 0.25) is 0 Å². The SMILES string of the molecule is CCNC(c1ccoc1Br)c1ccnn1C. The second kappa shape index (κ2) is 4.84.